The van der Waals surface area contributed by atoms with E-state index in [-0.39, 0.29) is 22.5 Å². The van der Waals surface area contributed by atoms with Crippen LogP contribution in [0.3, 0.4) is 0 Å². The maximum atomic E-state index is 13.1. The minimum atomic E-state index is -0.380. The maximum Gasteiger partial charge on any atom is 0.267 e. The molecule has 0 spiro atoms. The molecule has 0 saturated heterocycles. The smallest absolute Gasteiger partial charge is 0.267 e. The molecule has 1 amide bonds. The van der Waals surface area contributed by atoms with Crippen LogP contribution in [0.4, 0.5) is 0 Å². The summed E-state index contributed by atoms with van der Waals surface area (Å²) in [6.45, 7) is 4.58. The first-order chi connectivity index (χ1) is 14.0. The largest absolute Gasteiger partial charge is 0.352 e. The highest BCUT2D eigenvalue weighted by molar-refractivity contribution is 5.96. The molecule has 0 aliphatic heterocycles. The number of carbonyl (C=O) groups excluding carboxylic acids is 1. The lowest BCUT2D eigenvalue weighted by atomic mass is 10.1. The summed E-state index contributed by atoms with van der Waals surface area (Å²) in [5, 5.41) is 11.7. The zero-order valence-electron chi connectivity index (χ0n) is 16.3. The second-order valence-corrected chi connectivity index (χ2v) is 6.92. The van der Waals surface area contributed by atoms with Crippen LogP contribution in [0, 0.1) is 12.3 Å². The fourth-order valence-electron chi connectivity index (χ4n) is 3.35. The minimum Gasteiger partial charge on any atom is -0.352 e. The molecule has 0 unspecified atom stereocenters. The van der Waals surface area contributed by atoms with Crippen LogP contribution in [-0.4, -0.2) is 26.4 Å². The van der Waals surface area contributed by atoms with Gasteiger partial charge in [-0.25, -0.2) is 4.98 Å². The van der Waals surface area contributed by atoms with E-state index in [2.05, 4.69) is 10.3 Å². The molecule has 0 bridgehead atoms. The van der Waals surface area contributed by atoms with Gasteiger partial charge in [-0.3, -0.25) is 19.4 Å². The summed E-state index contributed by atoms with van der Waals surface area (Å²) in [6, 6.07) is 14.7. The first-order valence-electron chi connectivity index (χ1n) is 9.43. The quantitative estimate of drug-likeness (QED) is 0.526. The molecule has 0 radical (unpaired) electrons. The highest BCUT2D eigenvalue weighted by atomic mass is 16.1. The molecule has 29 heavy (non-hydrogen) atoms. The van der Waals surface area contributed by atoms with Crippen LogP contribution in [0.15, 0.2) is 59.5 Å². The van der Waals surface area contributed by atoms with Gasteiger partial charge in [0.25, 0.3) is 11.5 Å². The number of hydrogen-bond donors (Lipinski definition) is 2. The van der Waals surface area contributed by atoms with Crippen molar-refractivity contribution in [3.8, 4) is 0 Å². The Morgan fingerprint density at radius 3 is 2.66 bits per heavy atom. The Bertz CT molecular complexity index is 1350. The second-order valence-electron chi connectivity index (χ2n) is 6.92. The number of benzene rings is 1. The van der Waals surface area contributed by atoms with Crippen LogP contribution in [0.1, 0.15) is 28.4 Å². The monoisotopic (exact) mass is 387 g/mol. The number of aromatic nitrogens is 3. The average molecular weight is 387 g/mol. The number of amides is 1. The van der Waals surface area contributed by atoms with Crippen molar-refractivity contribution in [3.63, 3.8) is 0 Å². The highest BCUT2D eigenvalue weighted by Gasteiger charge is 2.17. The van der Waals surface area contributed by atoms with Crippen LogP contribution >= 0.6 is 0 Å². The van der Waals surface area contributed by atoms with Gasteiger partial charge in [-0.15, -0.1) is 0 Å². The number of carbonyl (C=O) groups is 1. The molecule has 7 nitrogen and oxygen atoms in total. The van der Waals surface area contributed by atoms with Gasteiger partial charge in [0.05, 0.1) is 17.5 Å². The summed E-state index contributed by atoms with van der Waals surface area (Å²) in [5.41, 5.74) is 2.88. The Hall–Kier alpha value is -3.74. The van der Waals surface area contributed by atoms with E-state index < -0.39 is 0 Å². The third-order valence-electron chi connectivity index (χ3n) is 4.86. The zero-order valence-corrected chi connectivity index (χ0v) is 16.3. The summed E-state index contributed by atoms with van der Waals surface area (Å²) in [7, 11) is 0. The number of aryl methyl sites for hydroxylation is 1. The fourth-order valence-corrected chi connectivity index (χ4v) is 3.35. The Labute approximate surface area is 166 Å². The Balaban J connectivity index is 2.05. The highest BCUT2D eigenvalue weighted by Crippen LogP contribution is 2.13. The van der Waals surface area contributed by atoms with E-state index in [1.807, 2.05) is 44.2 Å². The molecule has 0 fully saturated rings. The molecule has 0 aliphatic carbocycles. The number of fused-ring (bicyclic) bond motifs is 2. The van der Waals surface area contributed by atoms with Crippen molar-refractivity contribution < 1.29 is 4.79 Å². The molecule has 4 rings (SSSR count). The molecular formula is C22H21N5O2. The van der Waals surface area contributed by atoms with E-state index in [0.717, 1.165) is 11.1 Å². The van der Waals surface area contributed by atoms with E-state index in [4.69, 9.17) is 5.41 Å². The molecule has 146 valence electrons. The second kappa shape index (κ2) is 7.35. The molecule has 7 heteroatoms. The van der Waals surface area contributed by atoms with Crippen molar-refractivity contribution in [2.75, 3.05) is 6.54 Å². The van der Waals surface area contributed by atoms with Crippen molar-refractivity contribution in [2.24, 2.45) is 0 Å². The van der Waals surface area contributed by atoms with Crippen LogP contribution in [0.5, 0.6) is 0 Å². The Morgan fingerprint density at radius 1 is 1.17 bits per heavy atom. The average Bonchev–Trinajstić information content (AvgIpc) is 2.72. The van der Waals surface area contributed by atoms with Crippen molar-refractivity contribution in [1.29, 1.82) is 5.41 Å². The molecule has 0 aliphatic rings. The topological polar surface area (TPSA) is 92.2 Å². The molecule has 3 heterocycles. The lowest BCUT2D eigenvalue weighted by molar-refractivity contribution is 0.0953. The zero-order chi connectivity index (χ0) is 20.5. The van der Waals surface area contributed by atoms with Crippen molar-refractivity contribution in [3.05, 3.63) is 87.3 Å². The minimum absolute atomic E-state index is 0.0243. The molecule has 4 aromatic rings. The van der Waals surface area contributed by atoms with Gasteiger partial charge in [0.15, 0.2) is 0 Å². The SMILES string of the molecule is CCNC(=O)c1cc2c(=O)n3ccccc3nc2n(Cc2ccc(C)cc2)c1=N. The molecule has 0 atom stereocenters. The van der Waals surface area contributed by atoms with Gasteiger partial charge in [0, 0.05) is 12.7 Å². The predicted molar refractivity (Wildman–Crippen MR) is 111 cm³/mol. The van der Waals surface area contributed by atoms with Gasteiger partial charge in [-0.2, -0.15) is 0 Å². The number of pyridine rings is 2. The molecule has 0 saturated carbocycles. The molecule has 3 aromatic heterocycles. The lowest BCUT2D eigenvalue weighted by Gasteiger charge is -2.15. The molecular weight excluding hydrogens is 366 g/mol. The first-order valence-corrected chi connectivity index (χ1v) is 9.43. The van der Waals surface area contributed by atoms with Crippen LogP contribution in [0.25, 0.3) is 16.7 Å². The summed E-state index contributed by atoms with van der Waals surface area (Å²) in [6.07, 6.45) is 1.65. The van der Waals surface area contributed by atoms with E-state index in [1.54, 1.807) is 22.9 Å². The lowest BCUT2D eigenvalue weighted by Crippen LogP contribution is -2.35. The normalized spacial score (nSPS) is 11.1. The van der Waals surface area contributed by atoms with Gasteiger partial charge in [0.2, 0.25) is 0 Å². The van der Waals surface area contributed by atoms with Crippen molar-refractivity contribution in [1.82, 2.24) is 19.3 Å². The first kappa shape index (κ1) is 18.6. The van der Waals surface area contributed by atoms with E-state index >= 15 is 0 Å². The third kappa shape index (κ3) is 3.31. The number of nitrogens with zero attached hydrogens (tertiary/aromatic N) is 3. The maximum absolute atomic E-state index is 13.1. The van der Waals surface area contributed by atoms with Gasteiger partial charge < -0.3 is 9.88 Å². The number of nitrogens with one attached hydrogen (secondary N) is 2. The van der Waals surface area contributed by atoms with Crippen LogP contribution in [0.2, 0.25) is 0 Å². The number of hydrogen-bond acceptors (Lipinski definition) is 4. The van der Waals surface area contributed by atoms with Gasteiger partial charge in [-0.1, -0.05) is 35.9 Å². The van der Waals surface area contributed by atoms with E-state index in [1.165, 1.54) is 10.5 Å². The van der Waals surface area contributed by atoms with Crippen LogP contribution in [-0.2, 0) is 6.54 Å². The molecule has 2 N–H and O–H groups in total. The fraction of sp³-hybridized carbons (Fsp3) is 0.182. The summed E-state index contributed by atoms with van der Waals surface area (Å²) < 4.78 is 3.07. The van der Waals surface area contributed by atoms with Crippen molar-refractivity contribution >= 4 is 22.6 Å². The predicted octanol–water partition coefficient (Wildman–Crippen LogP) is 2.24. The Kier molecular flexibility index (Phi) is 4.72. The molecule has 1 aromatic carbocycles. The van der Waals surface area contributed by atoms with E-state index in [9.17, 15) is 9.59 Å². The summed E-state index contributed by atoms with van der Waals surface area (Å²) in [4.78, 5) is 30.3. The van der Waals surface area contributed by atoms with Gasteiger partial charge in [0.1, 0.15) is 16.8 Å². The standard InChI is InChI=1S/C22H21N5O2/c1-3-24-21(28)16-12-17-20(25-18-6-4-5-11-26(18)22(17)29)27(19(16)23)13-15-9-7-14(2)8-10-15/h4-12,23H,3,13H2,1-2H3,(H,24,28). The van der Waals surface area contributed by atoms with Crippen LogP contribution < -0.4 is 16.4 Å². The van der Waals surface area contributed by atoms with Crippen molar-refractivity contribution in [2.45, 2.75) is 20.4 Å². The summed E-state index contributed by atoms with van der Waals surface area (Å²) >= 11 is 0. The number of rotatable bonds is 4. The van der Waals surface area contributed by atoms with E-state index in [0.29, 0.717) is 29.8 Å². The third-order valence-corrected chi connectivity index (χ3v) is 4.86. The van der Waals surface area contributed by atoms with Gasteiger partial charge in [-0.05, 0) is 37.6 Å². The summed E-state index contributed by atoms with van der Waals surface area (Å²) in [5.74, 6) is -0.380. The van der Waals surface area contributed by atoms with Gasteiger partial charge >= 0.3 is 0 Å². The Morgan fingerprint density at radius 2 is 1.93 bits per heavy atom.